The molecule has 20 heavy (non-hydrogen) atoms. The van der Waals surface area contributed by atoms with Crippen molar-refractivity contribution in [1.82, 2.24) is 0 Å². The molecule has 0 amide bonds. The summed E-state index contributed by atoms with van der Waals surface area (Å²) in [5.74, 6) is 0. The third-order valence-corrected chi connectivity index (χ3v) is 0. The molecule has 0 aromatic heterocycles. The van der Waals surface area contributed by atoms with E-state index in [0.29, 0.717) is 0 Å². The Morgan fingerprint density at radius 1 is 0.400 bits per heavy atom. The van der Waals surface area contributed by atoms with Crippen molar-refractivity contribution in [2.75, 3.05) is 0 Å². The second-order valence-electron chi connectivity index (χ2n) is 0.612. The Kier molecular flexibility index (Phi) is 289. The van der Waals surface area contributed by atoms with Crippen molar-refractivity contribution in [3.05, 3.63) is 0 Å². The molecule has 0 saturated carbocycles. The quantitative estimate of drug-likeness (QED) is 0.238. The van der Waals surface area contributed by atoms with Gasteiger partial charge in [-0.05, 0) is 0 Å². The molecule has 0 spiro atoms. The minimum atomic E-state index is -3.79. The Labute approximate surface area is 146 Å². The maximum atomic E-state index is 8.54. The van der Waals surface area contributed by atoms with E-state index in [2.05, 4.69) is 0 Å². The standard InChI is InChI=1S/2Fe.3H2O3Se.6H2O/c;;3*1-4(2)3;;;;;;/h;;3*(H2,1,2,3);6*1H2/q2*+3;;;;;;;;;/p-6. The van der Waals surface area contributed by atoms with E-state index >= 15 is 0 Å². The molecule has 0 bridgehead atoms. The molecule has 15 nitrogen and oxygen atoms in total. The van der Waals surface area contributed by atoms with Gasteiger partial charge < -0.3 is 32.9 Å². The third-order valence-electron chi connectivity index (χ3n) is 0. The SMILES string of the molecule is O.O.O.O.O.O.O=[Se]([O-])[O-].O=[Se]([O-])[O-].O=[Se]([O-])[O-].[Fe+3].[Fe+3]. The second kappa shape index (κ2) is 70.7. The molecule has 2 radical (unpaired) electrons. The summed E-state index contributed by atoms with van der Waals surface area (Å²) in [6.07, 6.45) is 0. The number of hydrogen-bond donors (Lipinski definition) is 0. The van der Waals surface area contributed by atoms with Crippen molar-refractivity contribution in [3.8, 4) is 0 Å². The zero-order valence-corrected chi connectivity index (χ0v) is 16.0. The van der Waals surface area contributed by atoms with Crippen molar-refractivity contribution in [1.29, 1.82) is 0 Å². The minimum absolute atomic E-state index is 0. The van der Waals surface area contributed by atoms with Crippen LogP contribution in [0.4, 0.5) is 0 Å². The molecule has 0 aliphatic carbocycles. The summed E-state index contributed by atoms with van der Waals surface area (Å²) in [4.78, 5) is 0. The molecule has 0 aliphatic heterocycles. The van der Waals surface area contributed by atoms with Crippen LogP contribution in [0.5, 0.6) is 0 Å². The third kappa shape index (κ3) is 2910. The van der Waals surface area contributed by atoms with E-state index in [-0.39, 0.29) is 67.0 Å². The fourth-order valence-electron chi connectivity index (χ4n) is 0. The van der Waals surface area contributed by atoms with Crippen molar-refractivity contribution in [2.45, 2.75) is 0 Å². The van der Waals surface area contributed by atoms with E-state index in [1.165, 1.54) is 0 Å². The smallest absolute Gasteiger partial charge is 3.00 e. The van der Waals surface area contributed by atoms with Gasteiger partial charge in [-0.2, -0.15) is 0 Å². The monoisotopic (exact) mass is 604 g/mol. The normalized spacial score (nSPS) is 5.25. The predicted molar refractivity (Wildman–Crippen MR) is 41.0 cm³/mol. The second-order valence-corrected chi connectivity index (χ2v) is 3.18. The molecule has 0 aromatic carbocycles. The van der Waals surface area contributed by atoms with Crippen LogP contribution >= 0.6 is 0 Å². The van der Waals surface area contributed by atoms with Crippen LogP contribution in [-0.2, 0) is 45.6 Å². The largest absolute Gasteiger partial charge is 3.00 e. The molecule has 0 aliphatic rings. The van der Waals surface area contributed by atoms with Crippen LogP contribution in [0.3, 0.4) is 0 Å². The summed E-state index contributed by atoms with van der Waals surface area (Å²) in [6.45, 7) is 0. The first-order valence-electron chi connectivity index (χ1n) is 1.50. The maximum absolute atomic E-state index is 8.54. The molecule has 0 fully saturated rings. The van der Waals surface area contributed by atoms with Gasteiger partial charge in [-0.25, -0.2) is 0 Å². The van der Waals surface area contributed by atoms with E-state index in [4.69, 9.17) is 36.6 Å². The van der Waals surface area contributed by atoms with Gasteiger partial charge in [0.05, 0.1) is 0 Å². The molecule has 0 aromatic rings. The zero-order valence-electron chi connectivity index (χ0n) is 8.61. The van der Waals surface area contributed by atoms with Gasteiger partial charge in [-0.1, -0.05) is 0 Å². The zero-order chi connectivity index (χ0) is 10.7. The summed E-state index contributed by atoms with van der Waals surface area (Å²) < 4.78 is 76.9. The van der Waals surface area contributed by atoms with E-state index in [1.807, 2.05) is 0 Å². The first-order valence-corrected chi connectivity index (χ1v) is 7.79. The van der Waals surface area contributed by atoms with E-state index in [9.17, 15) is 0 Å². The fourth-order valence-corrected chi connectivity index (χ4v) is 0. The first-order chi connectivity index (χ1) is 5.20. The van der Waals surface area contributed by atoms with Gasteiger partial charge in [-0.15, -0.1) is 0 Å². The average molecular weight is 601 g/mol. The summed E-state index contributed by atoms with van der Waals surface area (Å²) >= 11 is -11.4. The Bertz CT molecular complexity index is 119. The molecular formula is H12Fe2O15Se3. The molecular weight excluding hydrogens is 589 g/mol. The number of hydrogen-bond acceptors (Lipinski definition) is 9. The van der Waals surface area contributed by atoms with Crippen molar-refractivity contribution in [2.24, 2.45) is 0 Å². The van der Waals surface area contributed by atoms with Gasteiger partial charge in [0, 0.05) is 0 Å². The van der Waals surface area contributed by atoms with Gasteiger partial charge >= 0.3 is 114 Å². The predicted octanol–water partition coefficient (Wildman–Crippen LogP) is -13.6. The van der Waals surface area contributed by atoms with E-state index in [1.54, 1.807) is 0 Å². The summed E-state index contributed by atoms with van der Waals surface area (Å²) in [6, 6.07) is 0. The fraction of sp³-hybridized carbons (Fsp3) is 0. The van der Waals surface area contributed by atoms with Gasteiger partial charge in [0.25, 0.3) is 0 Å². The number of rotatable bonds is 0. The molecule has 136 valence electrons. The van der Waals surface area contributed by atoms with Gasteiger partial charge in [0.15, 0.2) is 0 Å². The van der Waals surface area contributed by atoms with Crippen LogP contribution in [0.15, 0.2) is 0 Å². The molecule has 0 atom stereocenters. The van der Waals surface area contributed by atoms with Gasteiger partial charge in [-0.3, -0.25) is 0 Å². The summed E-state index contributed by atoms with van der Waals surface area (Å²) in [7, 11) is 0. The summed E-state index contributed by atoms with van der Waals surface area (Å²) in [5, 5.41) is 0. The Hall–Kier alpha value is 1.52. The van der Waals surface area contributed by atoms with Gasteiger partial charge in [0.2, 0.25) is 0 Å². The molecule has 12 N–H and O–H groups in total. The maximum Gasteiger partial charge on any atom is 3.00 e. The van der Waals surface area contributed by atoms with Crippen LogP contribution in [0.1, 0.15) is 0 Å². The van der Waals surface area contributed by atoms with Crippen LogP contribution < -0.4 is 25.1 Å². The van der Waals surface area contributed by atoms with Crippen molar-refractivity contribution < 1.29 is 104 Å². The molecule has 0 unspecified atom stereocenters. The van der Waals surface area contributed by atoms with Crippen molar-refractivity contribution in [3.63, 3.8) is 0 Å². The Morgan fingerprint density at radius 3 is 0.400 bits per heavy atom. The van der Waals surface area contributed by atoms with Crippen LogP contribution in [0, 0.1) is 0 Å². The Morgan fingerprint density at radius 2 is 0.400 bits per heavy atom. The molecule has 20 heteroatoms. The van der Waals surface area contributed by atoms with Crippen LogP contribution in [0.2, 0.25) is 0 Å². The van der Waals surface area contributed by atoms with E-state index < -0.39 is 43.5 Å². The van der Waals surface area contributed by atoms with Crippen LogP contribution in [-0.4, -0.2) is 76.3 Å². The topological polar surface area (TPSA) is 379 Å². The van der Waals surface area contributed by atoms with Crippen LogP contribution in [0.25, 0.3) is 0 Å². The molecule has 0 saturated heterocycles. The van der Waals surface area contributed by atoms with Crippen molar-refractivity contribution >= 4 is 43.5 Å². The van der Waals surface area contributed by atoms with E-state index in [0.717, 1.165) is 0 Å². The average Bonchev–Trinajstić information content (AvgIpc) is 1.54. The molecule has 0 heterocycles. The molecule has 0 rings (SSSR count). The minimum Gasteiger partial charge on any atom is 3.00 e. The first kappa shape index (κ1) is 81.9. The summed E-state index contributed by atoms with van der Waals surface area (Å²) in [5.41, 5.74) is 0. The Balaban J connectivity index is -0.00000000562. The van der Waals surface area contributed by atoms with Gasteiger partial charge in [0.1, 0.15) is 0 Å².